The molecule has 18 heavy (non-hydrogen) atoms. The van der Waals surface area contributed by atoms with Gasteiger partial charge in [-0.3, -0.25) is 0 Å². The lowest BCUT2D eigenvalue weighted by molar-refractivity contribution is 0.0577. The first-order valence-corrected chi connectivity index (χ1v) is 6.26. The van der Waals surface area contributed by atoms with Gasteiger partial charge in [0.05, 0.1) is 23.9 Å². The molecule has 0 spiro atoms. The largest absolute Gasteiger partial charge is 0.392 e. The average Bonchev–Trinajstić information content (AvgIpc) is 2.65. The Hall–Kier alpha value is -0.910. The van der Waals surface area contributed by atoms with Crippen LogP contribution in [0.3, 0.4) is 0 Å². The maximum absolute atomic E-state index is 13.9. The van der Waals surface area contributed by atoms with Gasteiger partial charge < -0.3 is 15.5 Å². The lowest BCUT2D eigenvalue weighted by atomic mass is 10.00. The van der Waals surface area contributed by atoms with Gasteiger partial charge in [-0.05, 0) is 26.2 Å². The molecule has 0 aliphatic heterocycles. The van der Waals surface area contributed by atoms with E-state index in [2.05, 4.69) is 10.3 Å². The van der Waals surface area contributed by atoms with Crippen LogP contribution in [0.4, 0.5) is 10.1 Å². The maximum atomic E-state index is 13.9. The van der Waals surface area contributed by atoms with E-state index in [1.54, 1.807) is 6.92 Å². The summed E-state index contributed by atoms with van der Waals surface area (Å²) in [5.41, 5.74) is -0.418. The minimum atomic E-state index is -0.880. The van der Waals surface area contributed by atoms with E-state index in [4.69, 9.17) is 11.6 Å². The molecule has 2 atom stereocenters. The van der Waals surface area contributed by atoms with Gasteiger partial charge in [-0.15, -0.1) is 0 Å². The van der Waals surface area contributed by atoms with E-state index in [0.29, 0.717) is 12.0 Å². The third-order valence-electron chi connectivity index (χ3n) is 3.47. The molecule has 6 heteroatoms. The summed E-state index contributed by atoms with van der Waals surface area (Å²) in [6.07, 6.45) is 3.62. The van der Waals surface area contributed by atoms with Gasteiger partial charge in [-0.1, -0.05) is 11.6 Å². The quantitative estimate of drug-likeness (QED) is 0.739. The van der Waals surface area contributed by atoms with Gasteiger partial charge in [0.1, 0.15) is 0 Å². The van der Waals surface area contributed by atoms with Crippen molar-refractivity contribution in [2.24, 2.45) is 0 Å². The molecule has 100 valence electrons. The van der Waals surface area contributed by atoms with Crippen LogP contribution in [0.2, 0.25) is 5.15 Å². The predicted molar refractivity (Wildman–Crippen MR) is 67.0 cm³/mol. The molecule has 1 fully saturated rings. The molecule has 1 aliphatic rings. The van der Waals surface area contributed by atoms with Crippen molar-refractivity contribution in [3.63, 3.8) is 0 Å². The van der Waals surface area contributed by atoms with Crippen LogP contribution in [-0.4, -0.2) is 26.8 Å². The Morgan fingerprint density at radius 2 is 2.39 bits per heavy atom. The van der Waals surface area contributed by atoms with Crippen molar-refractivity contribution in [1.29, 1.82) is 0 Å². The Labute approximate surface area is 110 Å². The van der Waals surface area contributed by atoms with Crippen molar-refractivity contribution in [1.82, 2.24) is 4.98 Å². The summed E-state index contributed by atoms with van der Waals surface area (Å²) in [6.45, 7) is 1.38. The second kappa shape index (κ2) is 4.99. The molecule has 1 aromatic heterocycles. The zero-order valence-electron chi connectivity index (χ0n) is 10.1. The van der Waals surface area contributed by atoms with Gasteiger partial charge >= 0.3 is 0 Å². The molecule has 0 aromatic carbocycles. The molecule has 2 rings (SSSR count). The van der Waals surface area contributed by atoms with Crippen molar-refractivity contribution in [3.8, 4) is 0 Å². The van der Waals surface area contributed by atoms with Crippen molar-refractivity contribution >= 4 is 17.3 Å². The molecule has 0 amide bonds. The highest BCUT2D eigenvalue weighted by Crippen LogP contribution is 2.34. The van der Waals surface area contributed by atoms with E-state index in [-0.39, 0.29) is 23.5 Å². The number of nitrogens with zero attached hydrogens (tertiary/aromatic N) is 1. The number of halogens is 2. The monoisotopic (exact) mass is 274 g/mol. The van der Waals surface area contributed by atoms with E-state index in [0.717, 1.165) is 12.8 Å². The minimum Gasteiger partial charge on any atom is -0.392 e. The van der Waals surface area contributed by atoms with Gasteiger partial charge in [-0.2, -0.15) is 0 Å². The molecule has 0 saturated heterocycles. The van der Waals surface area contributed by atoms with Crippen LogP contribution < -0.4 is 5.32 Å². The number of anilines is 1. The lowest BCUT2D eigenvalue weighted by Crippen LogP contribution is -2.39. The highest BCUT2D eigenvalue weighted by atomic mass is 35.5. The molecular weight excluding hydrogens is 259 g/mol. The predicted octanol–water partition coefficient (Wildman–Crippen LogP) is 2.08. The second-order valence-electron chi connectivity index (χ2n) is 4.87. The van der Waals surface area contributed by atoms with Crippen LogP contribution in [0.5, 0.6) is 0 Å². The van der Waals surface area contributed by atoms with E-state index in [9.17, 15) is 14.6 Å². The third-order valence-corrected chi connectivity index (χ3v) is 3.73. The number of hydrogen-bond acceptors (Lipinski definition) is 4. The van der Waals surface area contributed by atoms with Gasteiger partial charge in [-0.25, -0.2) is 9.37 Å². The summed E-state index contributed by atoms with van der Waals surface area (Å²) in [7, 11) is 0. The summed E-state index contributed by atoms with van der Waals surface area (Å²) in [4.78, 5) is 3.65. The van der Waals surface area contributed by atoms with Crippen LogP contribution in [0.25, 0.3) is 0 Å². The van der Waals surface area contributed by atoms with Crippen molar-refractivity contribution < 1.29 is 14.6 Å². The number of aliphatic hydroxyl groups excluding tert-OH is 1. The number of rotatable bonds is 3. The molecule has 0 bridgehead atoms. The van der Waals surface area contributed by atoms with Crippen molar-refractivity contribution in [3.05, 3.63) is 22.7 Å². The summed E-state index contributed by atoms with van der Waals surface area (Å²) in [5.74, 6) is -0.689. The standard InChI is InChI=1S/C12H16ClFN2O2/c1-12(18)4-2-3-8(12)16-10-7(6-17)5-15-11(13)9(10)14/h5,8,17-18H,2-4,6H2,1H3,(H,15,16)/t8-,12-/m1/s1. The molecular formula is C12H16ClFN2O2. The van der Waals surface area contributed by atoms with E-state index in [1.807, 2.05) is 0 Å². The van der Waals surface area contributed by atoms with Gasteiger partial charge in [0, 0.05) is 11.8 Å². The topological polar surface area (TPSA) is 65.4 Å². The molecule has 0 radical (unpaired) electrons. The van der Waals surface area contributed by atoms with Gasteiger partial charge in [0.15, 0.2) is 11.0 Å². The summed E-state index contributed by atoms with van der Waals surface area (Å²) < 4.78 is 13.9. The number of hydrogen-bond donors (Lipinski definition) is 3. The molecule has 1 aromatic rings. The van der Waals surface area contributed by atoms with Crippen LogP contribution in [0.1, 0.15) is 31.7 Å². The Morgan fingerprint density at radius 3 is 2.94 bits per heavy atom. The molecule has 1 aliphatic carbocycles. The fraction of sp³-hybridized carbons (Fsp3) is 0.583. The average molecular weight is 275 g/mol. The zero-order chi connectivity index (χ0) is 13.3. The highest BCUT2D eigenvalue weighted by Gasteiger charge is 2.37. The second-order valence-corrected chi connectivity index (χ2v) is 5.23. The summed E-state index contributed by atoms with van der Waals surface area (Å²) >= 11 is 5.63. The van der Waals surface area contributed by atoms with Crippen molar-refractivity contribution in [2.75, 3.05) is 5.32 Å². The van der Waals surface area contributed by atoms with Crippen LogP contribution >= 0.6 is 11.6 Å². The number of pyridine rings is 1. The highest BCUT2D eigenvalue weighted by molar-refractivity contribution is 6.29. The molecule has 1 heterocycles. The Bertz CT molecular complexity index is 454. The minimum absolute atomic E-state index is 0.129. The van der Waals surface area contributed by atoms with Crippen LogP contribution in [0.15, 0.2) is 6.20 Å². The molecule has 4 nitrogen and oxygen atoms in total. The first-order valence-electron chi connectivity index (χ1n) is 5.88. The Kier molecular flexibility index (Phi) is 3.75. The molecule has 3 N–H and O–H groups in total. The normalized spacial score (nSPS) is 27.5. The number of nitrogens with one attached hydrogen (secondary N) is 1. The van der Waals surface area contributed by atoms with E-state index >= 15 is 0 Å². The molecule has 1 saturated carbocycles. The third kappa shape index (κ3) is 2.43. The summed E-state index contributed by atoms with van der Waals surface area (Å²) in [6, 6.07) is -0.254. The lowest BCUT2D eigenvalue weighted by Gasteiger charge is -2.28. The SMILES string of the molecule is C[C@@]1(O)CCC[C@H]1Nc1c(CO)cnc(Cl)c1F. The Morgan fingerprint density at radius 1 is 1.67 bits per heavy atom. The van der Waals surface area contributed by atoms with Crippen LogP contribution in [-0.2, 0) is 6.61 Å². The van der Waals surface area contributed by atoms with Crippen molar-refractivity contribution in [2.45, 2.75) is 44.4 Å². The number of aliphatic hydroxyl groups is 2. The zero-order valence-corrected chi connectivity index (χ0v) is 10.8. The van der Waals surface area contributed by atoms with Crippen LogP contribution in [0, 0.1) is 5.82 Å². The molecule has 0 unspecified atom stereocenters. The fourth-order valence-corrected chi connectivity index (χ4v) is 2.47. The van der Waals surface area contributed by atoms with Gasteiger partial charge in [0.2, 0.25) is 0 Å². The summed E-state index contributed by atoms with van der Waals surface area (Å²) in [5, 5.41) is 22.0. The number of aromatic nitrogens is 1. The Balaban J connectivity index is 2.31. The van der Waals surface area contributed by atoms with Gasteiger partial charge in [0.25, 0.3) is 0 Å². The maximum Gasteiger partial charge on any atom is 0.183 e. The first kappa shape index (κ1) is 13.5. The van der Waals surface area contributed by atoms with E-state index in [1.165, 1.54) is 6.20 Å². The fourth-order valence-electron chi connectivity index (χ4n) is 2.33. The smallest absolute Gasteiger partial charge is 0.183 e. The first-order chi connectivity index (χ1) is 8.45. The van der Waals surface area contributed by atoms with E-state index < -0.39 is 11.4 Å².